The number of hydrogen-bond donors (Lipinski definition) is 1. The molecule has 38 heavy (non-hydrogen) atoms. The first-order valence-electron chi connectivity index (χ1n) is 12.8. The molecule has 0 spiro atoms. The van der Waals surface area contributed by atoms with E-state index in [1.807, 2.05) is 22.0 Å². The average Bonchev–Trinajstić information content (AvgIpc) is 3.37. The number of carbonyl (C=O) groups is 2. The number of fused-ring (bicyclic) bond motifs is 1. The first kappa shape index (κ1) is 26.0. The lowest BCUT2D eigenvalue weighted by Crippen LogP contribution is -2.49. The number of rotatable bonds is 9. The molecule has 12 heteroatoms. The minimum atomic E-state index is -0.115. The maximum atomic E-state index is 12.7. The Labute approximate surface area is 224 Å². The van der Waals surface area contributed by atoms with Crippen LogP contribution in [0.15, 0.2) is 48.2 Å². The Morgan fingerprint density at radius 3 is 2.71 bits per heavy atom. The lowest BCUT2D eigenvalue weighted by Gasteiger charge is -2.38. The highest BCUT2D eigenvalue weighted by Gasteiger charge is 2.29. The van der Waals surface area contributed by atoms with Crippen molar-refractivity contribution in [2.45, 2.75) is 31.8 Å². The number of nitrogens with zero attached hydrogens (tertiary/aromatic N) is 7. The Bertz CT molecular complexity index is 1390. The van der Waals surface area contributed by atoms with Crippen molar-refractivity contribution >= 4 is 46.2 Å². The molecule has 3 aromatic heterocycles. The monoisotopic (exact) mass is 536 g/mol. The summed E-state index contributed by atoms with van der Waals surface area (Å²) in [7, 11) is 0. The fourth-order valence-corrected chi connectivity index (χ4v) is 5.48. The molecular weight excluding hydrogens is 504 g/mol. The van der Waals surface area contributed by atoms with E-state index in [-0.39, 0.29) is 23.4 Å². The molecule has 200 valence electrons. The quantitative estimate of drug-likeness (QED) is 0.414. The number of nitrogens with one attached hydrogen (secondary N) is 1. The van der Waals surface area contributed by atoms with Gasteiger partial charge in [-0.2, -0.15) is 21.8 Å². The topological polar surface area (TPSA) is 118 Å². The summed E-state index contributed by atoms with van der Waals surface area (Å²) in [6.07, 6.45) is 11.2. The van der Waals surface area contributed by atoms with Crippen molar-refractivity contribution in [1.82, 2.24) is 34.1 Å². The molecule has 0 atom stereocenters. The minimum Gasteiger partial charge on any atom is -0.342 e. The summed E-state index contributed by atoms with van der Waals surface area (Å²) in [6.45, 7) is 6.89. The molecule has 0 saturated carbocycles. The van der Waals surface area contributed by atoms with Gasteiger partial charge in [-0.3, -0.25) is 23.6 Å². The largest absolute Gasteiger partial charge is 0.342 e. The lowest BCUT2D eigenvalue weighted by atomic mass is 9.96. The van der Waals surface area contributed by atoms with Gasteiger partial charge in [0.1, 0.15) is 5.65 Å². The van der Waals surface area contributed by atoms with Gasteiger partial charge in [0.05, 0.1) is 23.7 Å². The zero-order valence-corrected chi connectivity index (χ0v) is 22.3. The molecule has 0 aliphatic carbocycles. The van der Waals surface area contributed by atoms with E-state index in [1.54, 1.807) is 39.7 Å². The van der Waals surface area contributed by atoms with Gasteiger partial charge < -0.3 is 15.1 Å². The summed E-state index contributed by atoms with van der Waals surface area (Å²) >= 11 is 1.55. The third-order valence-electron chi connectivity index (χ3n) is 7.24. The van der Waals surface area contributed by atoms with Crippen molar-refractivity contribution in [2.24, 2.45) is 5.92 Å². The van der Waals surface area contributed by atoms with Gasteiger partial charge in [-0.05, 0) is 43.6 Å². The molecule has 0 bridgehead atoms. The number of piperidine rings is 1. The highest BCUT2D eigenvalue weighted by atomic mass is 32.2. The Morgan fingerprint density at radius 1 is 1.18 bits per heavy atom. The van der Waals surface area contributed by atoms with Crippen LogP contribution in [0.4, 0.5) is 11.6 Å². The van der Waals surface area contributed by atoms with Gasteiger partial charge in [-0.25, -0.2) is 4.98 Å². The number of aryl methyl sites for hydroxylation is 1. The minimum absolute atomic E-state index is 0.0536. The van der Waals surface area contributed by atoms with Gasteiger partial charge >= 0.3 is 0 Å². The molecular formula is C26H32N8O3S. The molecule has 2 fully saturated rings. The molecule has 5 rings (SSSR count). The molecule has 1 N–H and O–H groups in total. The SMILES string of the molecule is C=CC(=O)N1CC(CCn2c(=O)ccc3cnc(Nc4cnn(C5CCN(C(=O)CSC)CC5)c4)nc32)C1. The van der Waals surface area contributed by atoms with E-state index in [9.17, 15) is 14.4 Å². The van der Waals surface area contributed by atoms with Crippen LogP contribution in [0.25, 0.3) is 11.0 Å². The summed E-state index contributed by atoms with van der Waals surface area (Å²) < 4.78 is 3.62. The van der Waals surface area contributed by atoms with Gasteiger partial charge in [-0.15, -0.1) is 0 Å². The molecule has 0 radical (unpaired) electrons. The first-order chi connectivity index (χ1) is 18.4. The van der Waals surface area contributed by atoms with Crippen LogP contribution >= 0.6 is 11.8 Å². The maximum absolute atomic E-state index is 12.7. The highest BCUT2D eigenvalue weighted by Crippen LogP contribution is 2.25. The fourth-order valence-electron chi connectivity index (χ4n) is 5.05. The molecule has 11 nitrogen and oxygen atoms in total. The molecule has 2 saturated heterocycles. The van der Waals surface area contributed by atoms with E-state index in [2.05, 4.69) is 27.0 Å². The van der Waals surface area contributed by atoms with Crippen molar-refractivity contribution in [3.8, 4) is 0 Å². The summed E-state index contributed by atoms with van der Waals surface area (Å²) in [6, 6.07) is 3.51. The van der Waals surface area contributed by atoms with Crippen LogP contribution in [-0.2, 0) is 16.1 Å². The number of hydrogen-bond acceptors (Lipinski definition) is 8. The van der Waals surface area contributed by atoms with Crippen LogP contribution in [0.1, 0.15) is 25.3 Å². The Morgan fingerprint density at radius 2 is 1.97 bits per heavy atom. The predicted octanol–water partition coefficient (Wildman–Crippen LogP) is 2.29. The number of likely N-dealkylation sites (tertiary alicyclic amines) is 2. The second kappa shape index (κ2) is 11.4. The average molecular weight is 537 g/mol. The van der Waals surface area contributed by atoms with Crippen molar-refractivity contribution < 1.29 is 9.59 Å². The van der Waals surface area contributed by atoms with Crippen LogP contribution in [0.2, 0.25) is 0 Å². The molecule has 0 unspecified atom stereocenters. The second-order valence-corrected chi connectivity index (χ2v) is 10.6. The third-order valence-corrected chi connectivity index (χ3v) is 7.78. The van der Waals surface area contributed by atoms with Crippen LogP contribution in [0.5, 0.6) is 0 Å². The Hall–Kier alpha value is -3.67. The van der Waals surface area contributed by atoms with Crippen molar-refractivity contribution in [3.05, 3.63) is 53.7 Å². The van der Waals surface area contributed by atoms with Crippen LogP contribution in [-0.4, -0.2) is 84.1 Å². The van der Waals surface area contributed by atoms with E-state index in [0.717, 1.165) is 43.4 Å². The number of amides is 2. The smallest absolute Gasteiger partial charge is 0.252 e. The number of anilines is 2. The Balaban J connectivity index is 1.23. The molecule has 2 aliphatic heterocycles. The molecule has 2 amide bonds. The Kier molecular flexibility index (Phi) is 7.77. The number of pyridine rings is 1. The standard InChI is InChI=1S/C26H32N8O3S/c1-3-22(35)32-14-18(15-32)6-11-33-23(36)5-4-19-12-27-26(30-25(19)33)29-20-13-28-34(16-20)21-7-9-31(10-8-21)24(37)17-38-2/h3-5,12-13,16,18,21H,1,6-11,14-15,17H2,2H3,(H,27,29,30). The maximum Gasteiger partial charge on any atom is 0.252 e. The summed E-state index contributed by atoms with van der Waals surface area (Å²) in [5.41, 5.74) is 1.22. The normalized spacial score (nSPS) is 16.4. The number of thioether (sulfide) groups is 1. The van der Waals surface area contributed by atoms with Gasteiger partial charge in [0, 0.05) is 56.6 Å². The first-order valence-corrected chi connectivity index (χ1v) is 14.2. The summed E-state index contributed by atoms with van der Waals surface area (Å²) in [5, 5.41) is 8.53. The number of carbonyl (C=O) groups excluding carboxylic acids is 2. The van der Waals surface area contributed by atoms with Crippen LogP contribution in [0, 0.1) is 5.92 Å². The van der Waals surface area contributed by atoms with Gasteiger partial charge in [-0.1, -0.05) is 6.58 Å². The van der Waals surface area contributed by atoms with E-state index in [0.29, 0.717) is 42.9 Å². The summed E-state index contributed by atoms with van der Waals surface area (Å²) in [4.78, 5) is 49.3. The van der Waals surface area contributed by atoms with Crippen molar-refractivity contribution in [1.29, 1.82) is 0 Å². The van der Waals surface area contributed by atoms with Crippen molar-refractivity contribution in [2.75, 3.05) is 43.5 Å². The van der Waals surface area contributed by atoms with Gasteiger partial charge in [0.15, 0.2) is 0 Å². The summed E-state index contributed by atoms with van der Waals surface area (Å²) in [5.74, 6) is 1.41. The fraction of sp³-hybridized carbons (Fsp3) is 0.462. The van der Waals surface area contributed by atoms with Crippen LogP contribution < -0.4 is 10.9 Å². The third kappa shape index (κ3) is 5.59. The zero-order valence-electron chi connectivity index (χ0n) is 21.5. The predicted molar refractivity (Wildman–Crippen MR) is 147 cm³/mol. The van der Waals surface area contributed by atoms with E-state index < -0.39 is 0 Å². The molecule has 0 aromatic carbocycles. The molecule has 2 aliphatic rings. The molecule has 3 aromatic rings. The number of aromatic nitrogens is 5. The van der Waals surface area contributed by atoms with E-state index in [4.69, 9.17) is 0 Å². The lowest BCUT2D eigenvalue weighted by molar-refractivity contribution is -0.132. The van der Waals surface area contributed by atoms with Crippen LogP contribution in [0.3, 0.4) is 0 Å². The molecule has 5 heterocycles. The van der Waals surface area contributed by atoms with Crippen molar-refractivity contribution in [3.63, 3.8) is 0 Å². The van der Waals surface area contributed by atoms with Gasteiger partial charge in [0.2, 0.25) is 17.8 Å². The second-order valence-electron chi connectivity index (χ2n) is 9.78. The zero-order chi connectivity index (χ0) is 26.6. The van der Waals surface area contributed by atoms with E-state index >= 15 is 0 Å². The van der Waals surface area contributed by atoms with E-state index in [1.165, 1.54) is 12.1 Å². The highest BCUT2D eigenvalue weighted by molar-refractivity contribution is 7.99. The van der Waals surface area contributed by atoms with Gasteiger partial charge in [0.25, 0.3) is 5.56 Å².